The Bertz CT molecular complexity index is 487. The lowest BCUT2D eigenvalue weighted by Crippen LogP contribution is -2.27. The van der Waals surface area contributed by atoms with Crippen LogP contribution in [0.15, 0.2) is 42.1 Å². The van der Waals surface area contributed by atoms with Crippen molar-refractivity contribution in [3.8, 4) is 0 Å². The molecule has 1 aromatic rings. The Balaban J connectivity index is 2.44. The molecule has 18 heavy (non-hydrogen) atoms. The van der Waals surface area contributed by atoms with Crippen LogP contribution in [0.25, 0.3) is 5.57 Å². The number of aromatic nitrogens is 1. The molecule has 1 aliphatic carbocycles. The Labute approximate surface area is 102 Å². The highest BCUT2D eigenvalue weighted by molar-refractivity contribution is 5.74. The van der Waals surface area contributed by atoms with Crippen LogP contribution in [-0.4, -0.2) is 17.3 Å². The number of pyridine rings is 1. The monoisotopic (exact) mass is 257 g/mol. The SMILES string of the molecule is CC1C=C(c2ccccn2)C=C(C(F)(F)F)C1F. The van der Waals surface area contributed by atoms with Gasteiger partial charge in [-0.25, -0.2) is 4.39 Å². The Kier molecular flexibility index (Phi) is 3.24. The summed E-state index contributed by atoms with van der Waals surface area (Å²) in [6.07, 6.45) is -2.86. The zero-order chi connectivity index (χ0) is 13.3. The van der Waals surface area contributed by atoms with Gasteiger partial charge in [-0.05, 0) is 23.8 Å². The van der Waals surface area contributed by atoms with Crippen LogP contribution in [0.5, 0.6) is 0 Å². The molecule has 1 nitrogen and oxygen atoms in total. The normalized spacial score (nSPS) is 24.5. The molecule has 96 valence electrons. The number of alkyl halides is 4. The van der Waals surface area contributed by atoms with E-state index < -0.39 is 23.8 Å². The molecular formula is C13H11F4N. The van der Waals surface area contributed by atoms with Crippen molar-refractivity contribution in [2.45, 2.75) is 19.3 Å². The van der Waals surface area contributed by atoms with Crippen LogP contribution < -0.4 is 0 Å². The van der Waals surface area contributed by atoms with Gasteiger partial charge in [-0.1, -0.05) is 19.1 Å². The van der Waals surface area contributed by atoms with Crippen LogP contribution in [0, 0.1) is 5.92 Å². The maximum atomic E-state index is 13.6. The van der Waals surface area contributed by atoms with Crippen LogP contribution in [0.2, 0.25) is 0 Å². The highest BCUT2D eigenvalue weighted by Gasteiger charge is 2.42. The molecule has 1 heterocycles. The lowest BCUT2D eigenvalue weighted by molar-refractivity contribution is -0.102. The van der Waals surface area contributed by atoms with Gasteiger partial charge < -0.3 is 0 Å². The van der Waals surface area contributed by atoms with Gasteiger partial charge in [-0.3, -0.25) is 4.98 Å². The molecule has 0 bridgehead atoms. The van der Waals surface area contributed by atoms with Gasteiger partial charge in [0.1, 0.15) is 6.17 Å². The first-order chi connectivity index (χ1) is 8.39. The number of hydrogen-bond donors (Lipinski definition) is 0. The average Bonchev–Trinajstić information content (AvgIpc) is 2.32. The van der Waals surface area contributed by atoms with Gasteiger partial charge in [0.25, 0.3) is 0 Å². The summed E-state index contributed by atoms with van der Waals surface area (Å²) < 4.78 is 51.7. The molecule has 0 aromatic carbocycles. The van der Waals surface area contributed by atoms with Crippen molar-refractivity contribution < 1.29 is 17.6 Å². The summed E-state index contributed by atoms with van der Waals surface area (Å²) in [7, 11) is 0. The van der Waals surface area contributed by atoms with E-state index in [0.29, 0.717) is 11.3 Å². The minimum atomic E-state index is -4.65. The van der Waals surface area contributed by atoms with Crippen molar-refractivity contribution in [3.63, 3.8) is 0 Å². The van der Waals surface area contributed by atoms with Gasteiger partial charge in [0, 0.05) is 12.1 Å². The van der Waals surface area contributed by atoms with Gasteiger partial charge in [-0.15, -0.1) is 0 Å². The smallest absolute Gasteiger partial charge is 0.256 e. The number of allylic oxidation sites excluding steroid dienone is 4. The second-order valence-corrected chi connectivity index (χ2v) is 4.20. The lowest BCUT2D eigenvalue weighted by Gasteiger charge is -2.24. The van der Waals surface area contributed by atoms with Crippen LogP contribution in [0.1, 0.15) is 12.6 Å². The summed E-state index contributed by atoms with van der Waals surface area (Å²) in [5.41, 5.74) is -0.416. The first-order valence-corrected chi connectivity index (χ1v) is 5.45. The second-order valence-electron chi connectivity index (χ2n) is 4.20. The quantitative estimate of drug-likeness (QED) is 0.694. The van der Waals surface area contributed by atoms with Crippen molar-refractivity contribution in [1.82, 2.24) is 4.98 Å². The summed E-state index contributed by atoms with van der Waals surface area (Å²) in [4.78, 5) is 3.98. The predicted octanol–water partition coefficient (Wildman–Crippen LogP) is 3.94. The molecule has 0 aliphatic heterocycles. The molecule has 1 aromatic heterocycles. The number of nitrogens with zero attached hydrogens (tertiary/aromatic N) is 1. The topological polar surface area (TPSA) is 12.9 Å². The van der Waals surface area contributed by atoms with Crippen LogP contribution >= 0.6 is 0 Å². The molecule has 1 aliphatic rings. The summed E-state index contributed by atoms with van der Waals surface area (Å²) in [5, 5.41) is 0. The van der Waals surface area contributed by atoms with Crippen LogP contribution in [-0.2, 0) is 0 Å². The molecule has 5 heteroatoms. The Morgan fingerprint density at radius 2 is 1.94 bits per heavy atom. The molecule has 0 fully saturated rings. The zero-order valence-electron chi connectivity index (χ0n) is 9.58. The third kappa shape index (κ3) is 2.44. The zero-order valence-corrected chi connectivity index (χ0v) is 9.58. The van der Waals surface area contributed by atoms with E-state index in [9.17, 15) is 17.6 Å². The fraction of sp³-hybridized carbons (Fsp3) is 0.308. The fourth-order valence-electron chi connectivity index (χ4n) is 1.88. The van der Waals surface area contributed by atoms with Crippen molar-refractivity contribution in [2.24, 2.45) is 5.92 Å². The van der Waals surface area contributed by atoms with E-state index in [2.05, 4.69) is 4.98 Å². The van der Waals surface area contributed by atoms with E-state index >= 15 is 0 Å². The molecule has 0 N–H and O–H groups in total. The van der Waals surface area contributed by atoms with E-state index in [0.717, 1.165) is 6.08 Å². The van der Waals surface area contributed by atoms with E-state index in [-0.39, 0.29) is 0 Å². The molecule has 0 radical (unpaired) electrons. The summed E-state index contributed by atoms with van der Waals surface area (Å²) >= 11 is 0. The third-order valence-corrected chi connectivity index (χ3v) is 2.80. The number of hydrogen-bond acceptors (Lipinski definition) is 1. The standard InChI is InChI=1S/C13H11F4N/c1-8-6-9(11-4-2-3-5-18-11)7-10(12(8)14)13(15,16)17/h2-8,12H,1H3. The first kappa shape index (κ1) is 12.8. The van der Waals surface area contributed by atoms with Gasteiger partial charge in [0.05, 0.1) is 11.3 Å². The molecule has 2 unspecified atom stereocenters. The largest absolute Gasteiger partial charge is 0.415 e. The summed E-state index contributed by atoms with van der Waals surface area (Å²) in [6.45, 7) is 1.42. The molecule has 0 spiro atoms. The molecule has 0 saturated heterocycles. The molecule has 2 rings (SSSR count). The van der Waals surface area contributed by atoms with E-state index in [1.54, 1.807) is 18.2 Å². The molecule has 0 saturated carbocycles. The maximum Gasteiger partial charge on any atom is 0.415 e. The fourth-order valence-corrected chi connectivity index (χ4v) is 1.88. The second kappa shape index (κ2) is 4.55. The van der Waals surface area contributed by atoms with Gasteiger partial charge >= 0.3 is 6.18 Å². The van der Waals surface area contributed by atoms with Crippen LogP contribution in [0.4, 0.5) is 17.6 Å². The average molecular weight is 257 g/mol. The van der Waals surface area contributed by atoms with Gasteiger partial charge in [-0.2, -0.15) is 13.2 Å². The Morgan fingerprint density at radius 1 is 1.22 bits per heavy atom. The molecular weight excluding hydrogens is 246 g/mol. The molecule has 2 atom stereocenters. The van der Waals surface area contributed by atoms with Crippen molar-refractivity contribution >= 4 is 5.57 Å². The summed E-state index contributed by atoms with van der Waals surface area (Å²) in [6, 6.07) is 4.95. The lowest BCUT2D eigenvalue weighted by atomic mass is 9.88. The first-order valence-electron chi connectivity index (χ1n) is 5.45. The summed E-state index contributed by atoms with van der Waals surface area (Å²) in [5.74, 6) is -0.816. The number of rotatable bonds is 1. The van der Waals surface area contributed by atoms with Crippen molar-refractivity contribution in [2.75, 3.05) is 0 Å². The highest BCUT2D eigenvalue weighted by atomic mass is 19.4. The van der Waals surface area contributed by atoms with E-state index in [4.69, 9.17) is 0 Å². The van der Waals surface area contributed by atoms with Crippen LogP contribution in [0.3, 0.4) is 0 Å². The Hall–Kier alpha value is -1.65. The van der Waals surface area contributed by atoms with E-state index in [1.165, 1.54) is 19.2 Å². The van der Waals surface area contributed by atoms with Crippen molar-refractivity contribution in [1.29, 1.82) is 0 Å². The Morgan fingerprint density at radius 3 is 2.50 bits per heavy atom. The van der Waals surface area contributed by atoms with Gasteiger partial charge in [0.15, 0.2) is 0 Å². The minimum Gasteiger partial charge on any atom is -0.256 e. The predicted molar refractivity (Wildman–Crippen MR) is 60.4 cm³/mol. The minimum absolute atomic E-state index is 0.310. The van der Waals surface area contributed by atoms with E-state index in [1.807, 2.05) is 0 Å². The highest BCUT2D eigenvalue weighted by Crippen LogP contribution is 2.39. The molecule has 0 amide bonds. The van der Waals surface area contributed by atoms with Crippen molar-refractivity contribution in [3.05, 3.63) is 47.8 Å². The maximum absolute atomic E-state index is 13.6. The van der Waals surface area contributed by atoms with Gasteiger partial charge in [0.2, 0.25) is 0 Å². The number of halogens is 4. The third-order valence-electron chi connectivity index (χ3n) is 2.80.